The van der Waals surface area contributed by atoms with Crippen LogP contribution < -0.4 is 10.3 Å². The van der Waals surface area contributed by atoms with Crippen molar-refractivity contribution in [2.45, 2.75) is 26.7 Å². The van der Waals surface area contributed by atoms with Gasteiger partial charge in [0.25, 0.3) is 0 Å². The summed E-state index contributed by atoms with van der Waals surface area (Å²) in [5.74, 6) is -0.127. The molecule has 1 N–H and O–H groups in total. The number of fused-ring (bicyclic) bond motifs is 1. The van der Waals surface area contributed by atoms with Crippen molar-refractivity contribution in [1.82, 2.24) is 0 Å². The lowest BCUT2D eigenvalue weighted by atomic mass is 10.0. The van der Waals surface area contributed by atoms with E-state index in [9.17, 15) is 4.79 Å². The number of nitrogens with zero attached hydrogens (tertiary/aromatic N) is 2. The van der Waals surface area contributed by atoms with Crippen molar-refractivity contribution < 1.29 is 9.53 Å². The zero-order chi connectivity index (χ0) is 17.6. The van der Waals surface area contributed by atoms with Crippen LogP contribution in [0.15, 0.2) is 53.6 Å². The van der Waals surface area contributed by atoms with Gasteiger partial charge in [-0.1, -0.05) is 36.4 Å². The molecule has 5 heteroatoms. The number of ether oxygens (including phenoxy) is 1. The van der Waals surface area contributed by atoms with Gasteiger partial charge in [-0.3, -0.25) is 5.43 Å². The van der Waals surface area contributed by atoms with Crippen molar-refractivity contribution in [3.8, 4) is 0 Å². The zero-order valence-corrected chi connectivity index (χ0v) is 14.7. The van der Waals surface area contributed by atoms with E-state index < -0.39 is 5.97 Å². The molecule has 0 amide bonds. The first-order chi connectivity index (χ1) is 12.2. The van der Waals surface area contributed by atoms with E-state index in [2.05, 4.69) is 16.6 Å². The number of aryl methyl sites for hydroxylation is 2. The molecule has 1 aliphatic heterocycles. The van der Waals surface area contributed by atoms with Crippen LogP contribution in [0, 0.1) is 6.92 Å². The molecule has 1 aliphatic rings. The van der Waals surface area contributed by atoms with Gasteiger partial charge < -0.3 is 9.64 Å². The van der Waals surface area contributed by atoms with Crippen molar-refractivity contribution in [2.24, 2.45) is 5.10 Å². The Balaban J connectivity index is 1.94. The normalized spacial score (nSPS) is 14.0. The summed E-state index contributed by atoms with van der Waals surface area (Å²) < 4.78 is 5.24. The molecule has 0 atom stereocenters. The lowest BCUT2D eigenvalue weighted by Gasteiger charge is -2.30. The summed E-state index contributed by atoms with van der Waals surface area (Å²) in [6.45, 7) is 4.86. The molecule has 0 aliphatic carbocycles. The zero-order valence-electron chi connectivity index (χ0n) is 14.7. The number of carbonyl (C=O) groups is 1. The van der Waals surface area contributed by atoms with Crippen molar-refractivity contribution in [3.63, 3.8) is 0 Å². The van der Waals surface area contributed by atoms with Crippen molar-refractivity contribution in [3.05, 3.63) is 59.7 Å². The average Bonchev–Trinajstić information content (AvgIpc) is 2.64. The second-order valence-electron chi connectivity index (χ2n) is 5.97. The summed E-state index contributed by atoms with van der Waals surface area (Å²) in [5, 5.41) is 4.41. The van der Waals surface area contributed by atoms with E-state index >= 15 is 0 Å². The lowest BCUT2D eigenvalue weighted by Crippen LogP contribution is -2.41. The molecule has 0 saturated carbocycles. The number of hydrazone groups is 1. The van der Waals surface area contributed by atoms with Crippen LogP contribution >= 0.6 is 0 Å². The van der Waals surface area contributed by atoms with Crippen LogP contribution in [0.3, 0.4) is 0 Å². The molecule has 2 aromatic rings. The Bertz CT molecular complexity index is 786. The molecule has 0 aromatic heterocycles. The molecule has 2 aromatic carbocycles. The fourth-order valence-corrected chi connectivity index (χ4v) is 2.98. The minimum Gasteiger partial charge on any atom is -0.460 e. The summed E-state index contributed by atoms with van der Waals surface area (Å²) in [4.78, 5) is 14.5. The van der Waals surface area contributed by atoms with Crippen LogP contribution in [0.1, 0.15) is 24.5 Å². The maximum Gasteiger partial charge on any atom is 0.376 e. The highest BCUT2D eigenvalue weighted by atomic mass is 16.5. The second kappa shape index (κ2) is 7.83. The summed E-state index contributed by atoms with van der Waals surface area (Å²) in [7, 11) is 0. The van der Waals surface area contributed by atoms with Gasteiger partial charge in [-0.2, -0.15) is 0 Å². The fraction of sp³-hybridized carbons (Fsp3) is 0.300. The van der Waals surface area contributed by atoms with Gasteiger partial charge in [0.15, 0.2) is 0 Å². The highest BCUT2D eigenvalue weighted by Gasteiger charge is 2.26. The van der Waals surface area contributed by atoms with Crippen molar-refractivity contribution >= 4 is 23.2 Å². The summed E-state index contributed by atoms with van der Waals surface area (Å²) in [6, 6.07) is 16.0. The van der Waals surface area contributed by atoms with E-state index in [1.165, 1.54) is 5.56 Å². The predicted molar refractivity (Wildman–Crippen MR) is 101 cm³/mol. The summed E-state index contributed by atoms with van der Waals surface area (Å²) >= 11 is 0. The van der Waals surface area contributed by atoms with Crippen LogP contribution in [0.5, 0.6) is 0 Å². The topological polar surface area (TPSA) is 53.9 Å². The lowest BCUT2D eigenvalue weighted by molar-refractivity contribution is -0.135. The molecular formula is C20H23N3O2. The minimum atomic E-state index is -0.416. The molecular weight excluding hydrogens is 314 g/mol. The van der Waals surface area contributed by atoms with Gasteiger partial charge in [0.1, 0.15) is 0 Å². The highest BCUT2D eigenvalue weighted by Crippen LogP contribution is 2.27. The number of carbonyl (C=O) groups excluding carboxylic acids is 1. The first kappa shape index (κ1) is 17.0. The van der Waals surface area contributed by atoms with Crippen LogP contribution in [-0.2, 0) is 16.0 Å². The van der Waals surface area contributed by atoms with Gasteiger partial charge in [-0.25, -0.2) is 4.79 Å². The number of hydrogen-bond donors (Lipinski definition) is 1. The predicted octanol–water partition coefficient (Wildman–Crippen LogP) is 3.74. The number of amidine groups is 1. The molecule has 25 heavy (non-hydrogen) atoms. The summed E-state index contributed by atoms with van der Waals surface area (Å²) in [5.41, 5.74) is 7.20. The quantitative estimate of drug-likeness (QED) is 0.401. The van der Waals surface area contributed by atoms with Crippen LogP contribution in [0.25, 0.3) is 0 Å². The SMILES string of the molecule is CCOC(=O)C(=NNc1ccccc1C)N1CCCc2ccccc21. The standard InChI is InChI=1S/C20H23N3O2/c1-3-25-20(24)19(22-21-17-12-6-4-9-15(17)2)23-14-8-11-16-10-5-7-13-18(16)23/h4-7,9-10,12-13,21H,3,8,11,14H2,1-2H3. The Morgan fingerprint density at radius 2 is 1.96 bits per heavy atom. The van der Waals surface area contributed by atoms with E-state index in [-0.39, 0.29) is 5.84 Å². The summed E-state index contributed by atoms with van der Waals surface area (Å²) in [6.07, 6.45) is 1.98. The first-order valence-corrected chi connectivity index (χ1v) is 8.62. The number of esters is 1. The molecule has 1 heterocycles. The molecule has 130 valence electrons. The van der Waals surface area contributed by atoms with E-state index in [0.717, 1.165) is 36.3 Å². The highest BCUT2D eigenvalue weighted by molar-refractivity contribution is 6.41. The maximum atomic E-state index is 12.5. The monoisotopic (exact) mass is 337 g/mol. The van der Waals surface area contributed by atoms with Gasteiger partial charge in [-0.05, 0) is 49.9 Å². The number of hydrogen-bond acceptors (Lipinski definition) is 4. The Labute approximate surface area is 148 Å². The number of benzene rings is 2. The Hall–Kier alpha value is -2.82. The third-order valence-electron chi connectivity index (χ3n) is 4.25. The molecule has 0 bridgehead atoms. The van der Waals surface area contributed by atoms with E-state index in [0.29, 0.717) is 6.61 Å². The van der Waals surface area contributed by atoms with E-state index in [4.69, 9.17) is 4.74 Å². The molecule has 5 nitrogen and oxygen atoms in total. The van der Waals surface area contributed by atoms with Gasteiger partial charge in [0, 0.05) is 12.2 Å². The van der Waals surface area contributed by atoms with Gasteiger partial charge in [0.05, 0.1) is 12.3 Å². The third-order valence-corrected chi connectivity index (χ3v) is 4.25. The van der Waals surface area contributed by atoms with Crippen molar-refractivity contribution in [1.29, 1.82) is 0 Å². The third kappa shape index (κ3) is 3.82. The molecule has 0 unspecified atom stereocenters. The molecule has 0 saturated heterocycles. The average molecular weight is 337 g/mol. The molecule has 0 spiro atoms. The van der Waals surface area contributed by atoms with Gasteiger partial charge in [0.2, 0.25) is 5.84 Å². The van der Waals surface area contributed by atoms with E-state index in [1.54, 1.807) is 6.92 Å². The fourth-order valence-electron chi connectivity index (χ4n) is 2.98. The smallest absolute Gasteiger partial charge is 0.376 e. The Kier molecular flexibility index (Phi) is 5.33. The Morgan fingerprint density at radius 1 is 1.20 bits per heavy atom. The minimum absolute atomic E-state index is 0.289. The van der Waals surface area contributed by atoms with Gasteiger partial charge >= 0.3 is 5.97 Å². The molecule has 0 radical (unpaired) electrons. The second-order valence-corrected chi connectivity index (χ2v) is 5.97. The van der Waals surface area contributed by atoms with Crippen LogP contribution in [0.4, 0.5) is 11.4 Å². The maximum absolute atomic E-state index is 12.5. The Morgan fingerprint density at radius 3 is 2.76 bits per heavy atom. The molecule has 0 fully saturated rings. The molecule has 3 rings (SSSR count). The number of nitrogens with one attached hydrogen (secondary N) is 1. The van der Waals surface area contributed by atoms with Crippen LogP contribution in [0.2, 0.25) is 0 Å². The van der Waals surface area contributed by atoms with Gasteiger partial charge in [-0.15, -0.1) is 5.10 Å². The number of anilines is 2. The van der Waals surface area contributed by atoms with Crippen molar-refractivity contribution in [2.75, 3.05) is 23.5 Å². The number of para-hydroxylation sites is 2. The van der Waals surface area contributed by atoms with E-state index in [1.807, 2.05) is 54.3 Å². The largest absolute Gasteiger partial charge is 0.460 e. The number of rotatable bonds is 3. The van der Waals surface area contributed by atoms with Crippen LogP contribution in [-0.4, -0.2) is 25.0 Å². The first-order valence-electron chi connectivity index (χ1n) is 8.62.